The van der Waals surface area contributed by atoms with E-state index >= 15 is 0 Å². The van der Waals surface area contributed by atoms with Crippen LogP contribution in [0.1, 0.15) is 23.7 Å². The summed E-state index contributed by atoms with van der Waals surface area (Å²) in [6.45, 7) is 2.59. The van der Waals surface area contributed by atoms with Gasteiger partial charge < -0.3 is 15.7 Å². The number of nitrogens with zero attached hydrogens (tertiary/aromatic N) is 1. The van der Waals surface area contributed by atoms with Gasteiger partial charge in [0.05, 0.1) is 16.2 Å². The van der Waals surface area contributed by atoms with Gasteiger partial charge in [-0.2, -0.15) is 0 Å². The van der Waals surface area contributed by atoms with Crippen molar-refractivity contribution in [1.82, 2.24) is 4.90 Å². The number of likely N-dealkylation sites (tertiary alicyclic amines) is 1. The zero-order valence-electron chi connectivity index (χ0n) is 9.61. The van der Waals surface area contributed by atoms with E-state index in [4.69, 9.17) is 17.3 Å². The Morgan fingerprint density at radius 2 is 2.29 bits per heavy atom. The van der Waals surface area contributed by atoms with Crippen LogP contribution >= 0.6 is 11.6 Å². The summed E-state index contributed by atoms with van der Waals surface area (Å²) in [5.74, 6) is -0.180. The molecule has 0 aliphatic carbocycles. The summed E-state index contributed by atoms with van der Waals surface area (Å²) in [5, 5.41) is 10.2. The number of β-amino-alcohol motifs (C(OH)–C–C–N with tert-alkyl or cyclic N) is 1. The predicted molar refractivity (Wildman–Crippen MR) is 67.0 cm³/mol. The highest BCUT2D eigenvalue weighted by Gasteiger charge is 2.34. The number of anilines is 1. The number of nitrogen functional groups attached to an aromatic ring is 1. The second-order valence-electron chi connectivity index (χ2n) is 4.71. The Labute approximate surface area is 105 Å². The molecule has 1 aromatic rings. The molecule has 3 N–H and O–H groups in total. The van der Waals surface area contributed by atoms with E-state index in [-0.39, 0.29) is 5.91 Å². The van der Waals surface area contributed by atoms with Crippen molar-refractivity contribution in [2.75, 3.05) is 18.8 Å². The lowest BCUT2D eigenvalue weighted by Crippen LogP contribution is -2.34. The Bertz CT molecular complexity index is 460. The summed E-state index contributed by atoms with van der Waals surface area (Å²) >= 11 is 5.98. The molecule has 1 aliphatic heterocycles. The molecule has 1 fully saturated rings. The van der Waals surface area contributed by atoms with E-state index in [9.17, 15) is 9.90 Å². The quantitative estimate of drug-likeness (QED) is 0.747. The number of hydrogen-bond donors (Lipinski definition) is 2. The minimum atomic E-state index is -0.803. The highest BCUT2D eigenvalue weighted by Crippen LogP contribution is 2.25. The van der Waals surface area contributed by atoms with Gasteiger partial charge in [-0.15, -0.1) is 0 Å². The van der Waals surface area contributed by atoms with Crippen LogP contribution in [0.5, 0.6) is 0 Å². The maximum absolute atomic E-state index is 12.2. The monoisotopic (exact) mass is 254 g/mol. The van der Waals surface area contributed by atoms with Crippen molar-refractivity contribution < 1.29 is 9.90 Å². The number of halogens is 1. The summed E-state index contributed by atoms with van der Waals surface area (Å²) in [4.78, 5) is 13.8. The first kappa shape index (κ1) is 12.2. The Kier molecular flexibility index (Phi) is 3.02. The van der Waals surface area contributed by atoms with E-state index in [2.05, 4.69) is 0 Å². The van der Waals surface area contributed by atoms with Crippen molar-refractivity contribution in [3.05, 3.63) is 28.8 Å². The molecule has 2 rings (SSSR count). The highest BCUT2D eigenvalue weighted by atomic mass is 35.5. The average molecular weight is 255 g/mol. The smallest absolute Gasteiger partial charge is 0.255 e. The molecule has 1 unspecified atom stereocenters. The topological polar surface area (TPSA) is 66.6 Å². The molecule has 0 bridgehead atoms. The van der Waals surface area contributed by atoms with Crippen LogP contribution in [0.15, 0.2) is 18.2 Å². The molecule has 1 saturated heterocycles. The third kappa shape index (κ3) is 2.53. The number of nitrogens with two attached hydrogens (primary N) is 1. The van der Waals surface area contributed by atoms with Gasteiger partial charge in [-0.25, -0.2) is 0 Å². The number of benzene rings is 1. The molecule has 1 amide bonds. The fraction of sp³-hybridized carbons (Fsp3) is 0.417. The molecule has 1 atom stereocenters. The zero-order valence-corrected chi connectivity index (χ0v) is 10.4. The number of carbonyl (C=O) groups is 1. The van der Waals surface area contributed by atoms with E-state index < -0.39 is 5.60 Å². The van der Waals surface area contributed by atoms with Crippen molar-refractivity contribution >= 4 is 23.2 Å². The molecular formula is C12H15ClN2O2. The lowest BCUT2D eigenvalue weighted by atomic mass is 10.1. The first-order valence-electron chi connectivity index (χ1n) is 5.46. The molecule has 0 aromatic heterocycles. The summed E-state index contributed by atoms with van der Waals surface area (Å²) in [6, 6.07) is 4.83. The molecule has 4 nitrogen and oxygen atoms in total. The first-order chi connectivity index (χ1) is 7.89. The van der Waals surface area contributed by atoms with Crippen LogP contribution in [-0.2, 0) is 0 Å². The summed E-state index contributed by atoms with van der Waals surface area (Å²) < 4.78 is 0. The van der Waals surface area contributed by atoms with Crippen molar-refractivity contribution in [2.45, 2.75) is 18.9 Å². The number of amides is 1. The maximum Gasteiger partial charge on any atom is 0.255 e. The second kappa shape index (κ2) is 4.20. The largest absolute Gasteiger partial charge is 0.399 e. The Morgan fingerprint density at radius 1 is 1.59 bits per heavy atom. The number of carbonyl (C=O) groups excluding carboxylic acids is 1. The molecule has 1 aromatic carbocycles. The van der Waals surface area contributed by atoms with Gasteiger partial charge in [-0.1, -0.05) is 11.6 Å². The number of rotatable bonds is 1. The molecule has 17 heavy (non-hydrogen) atoms. The molecular weight excluding hydrogens is 240 g/mol. The van der Waals surface area contributed by atoms with Crippen LogP contribution in [-0.4, -0.2) is 34.6 Å². The number of aliphatic hydroxyl groups is 1. The van der Waals surface area contributed by atoms with Crippen molar-refractivity contribution in [2.24, 2.45) is 0 Å². The van der Waals surface area contributed by atoms with Gasteiger partial charge in [-0.3, -0.25) is 4.79 Å². The van der Waals surface area contributed by atoms with Crippen LogP contribution in [0.4, 0.5) is 5.69 Å². The SMILES string of the molecule is CC1(O)CCN(C(=O)c2cc(N)ccc2Cl)C1. The third-order valence-electron chi connectivity index (χ3n) is 2.96. The summed E-state index contributed by atoms with van der Waals surface area (Å²) in [6.07, 6.45) is 0.582. The fourth-order valence-corrected chi connectivity index (χ4v) is 2.19. The minimum Gasteiger partial charge on any atom is -0.399 e. The average Bonchev–Trinajstić information content (AvgIpc) is 2.61. The van der Waals surface area contributed by atoms with Crippen LogP contribution < -0.4 is 5.73 Å². The van der Waals surface area contributed by atoms with E-state index in [1.807, 2.05) is 0 Å². The third-order valence-corrected chi connectivity index (χ3v) is 3.29. The van der Waals surface area contributed by atoms with Gasteiger partial charge in [0, 0.05) is 18.8 Å². The fourth-order valence-electron chi connectivity index (χ4n) is 2.00. The first-order valence-corrected chi connectivity index (χ1v) is 5.83. The van der Waals surface area contributed by atoms with E-state index in [1.165, 1.54) is 0 Å². The highest BCUT2D eigenvalue weighted by molar-refractivity contribution is 6.34. The molecule has 0 radical (unpaired) electrons. The lowest BCUT2D eigenvalue weighted by Gasteiger charge is -2.19. The van der Waals surface area contributed by atoms with Gasteiger partial charge in [-0.05, 0) is 31.5 Å². The standard InChI is InChI=1S/C12H15ClN2O2/c1-12(17)4-5-15(7-12)11(16)9-6-8(14)2-3-10(9)13/h2-3,6,17H,4-5,7,14H2,1H3. The Balaban J connectivity index is 2.23. The van der Waals surface area contributed by atoms with Crippen LogP contribution in [0.25, 0.3) is 0 Å². The molecule has 92 valence electrons. The van der Waals surface area contributed by atoms with Gasteiger partial charge in [0.2, 0.25) is 0 Å². The van der Waals surface area contributed by atoms with E-state index in [0.29, 0.717) is 35.8 Å². The molecule has 1 aliphatic rings. The van der Waals surface area contributed by atoms with Crippen molar-refractivity contribution in [3.8, 4) is 0 Å². The molecule has 5 heteroatoms. The van der Waals surface area contributed by atoms with E-state index in [1.54, 1.807) is 30.0 Å². The van der Waals surface area contributed by atoms with Crippen molar-refractivity contribution in [1.29, 1.82) is 0 Å². The lowest BCUT2D eigenvalue weighted by molar-refractivity contribution is 0.0572. The molecule has 0 saturated carbocycles. The molecule has 1 heterocycles. The van der Waals surface area contributed by atoms with Gasteiger partial charge in [0.15, 0.2) is 0 Å². The van der Waals surface area contributed by atoms with Gasteiger partial charge in [0.25, 0.3) is 5.91 Å². The normalized spacial score (nSPS) is 24.1. The van der Waals surface area contributed by atoms with Gasteiger partial charge >= 0.3 is 0 Å². The Hall–Kier alpha value is -1.26. The zero-order chi connectivity index (χ0) is 12.6. The van der Waals surface area contributed by atoms with Crippen molar-refractivity contribution in [3.63, 3.8) is 0 Å². The van der Waals surface area contributed by atoms with E-state index in [0.717, 1.165) is 0 Å². The number of hydrogen-bond acceptors (Lipinski definition) is 3. The summed E-state index contributed by atoms with van der Waals surface area (Å²) in [5.41, 5.74) is 5.73. The molecule has 0 spiro atoms. The Morgan fingerprint density at radius 3 is 2.88 bits per heavy atom. The van der Waals surface area contributed by atoms with Crippen LogP contribution in [0.2, 0.25) is 5.02 Å². The summed E-state index contributed by atoms with van der Waals surface area (Å²) in [7, 11) is 0. The second-order valence-corrected chi connectivity index (χ2v) is 5.12. The van der Waals surface area contributed by atoms with Gasteiger partial charge in [0.1, 0.15) is 0 Å². The van der Waals surface area contributed by atoms with Crippen LogP contribution in [0, 0.1) is 0 Å². The minimum absolute atomic E-state index is 0.180. The predicted octanol–water partition coefficient (Wildman–Crippen LogP) is 1.52. The van der Waals surface area contributed by atoms with Crippen LogP contribution in [0.3, 0.4) is 0 Å². The maximum atomic E-state index is 12.2.